The first kappa shape index (κ1) is 18.4. The van der Waals surface area contributed by atoms with E-state index >= 15 is 0 Å². The minimum absolute atomic E-state index is 0.115. The summed E-state index contributed by atoms with van der Waals surface area (Å²) in [4.78, 5) is 12.0. The van der Waals surface area contributed by atoms with Crippen LogP contribution in [0.3, 0.4) is 0 Å². The van der Waals surface area contributed by atoms with Crippen LogP contribution in [-0.2, 0) is 4.79 Å². The molecule has 126 valence electrons. The Hall–Kier alpha value is -1.92. The van der Waals surface area contributed by atoms with E-state index in [1.807, 2.05) is 51.1 Å². The van der Waals surface area contributed by atoms with E-state index in [1.54, 1.807) is 0 Å². The zero-order valence-electron chi connectivity index (χ0n) is 13.8. The number of carbonyl (C=O) groups is 1. The Bertz CT molecular complexity index is 757. The minimum Gasteiger partial charge on any atom is -0.483 e. The summed E-state index contributed by atoms with van der Waals surface area (Å²) in [6, 6.07) is 11.7. The topological polar surface area (TPSA) is 50.4 Å². The smallest absolute Gasteiger partial charge is 0.264 e. The standard InChI is InChI=1S/C18H19BrN2O2S/c1-11-4-5-16(15(19)9-11)23-10-17(22)21-18(24)20-14-7-12(2)6-13(3)8-14/h4-9H,10H2,1-3H3,(H2,20,21,22,24). The van der Waals surface area contributed by atoms with Gasteiger partial charge >= 0.3 is 0 Å². The van der Waals surface area contributed by atoms with Gasteiger partial charge in [-0.3, -0.25) is 10.1 Å². The Balaban J connectivity index is 1.86. The summed E-state index contributed by atoms with van der Waals surface area (Å²) in [6.07, 6.45) is 0. The monoisotopic (exact) mass is 406 g/mol. The molecule has 0 aliphatic carbocycles. The summed E-state index contributed by atoms with van der Waals surface area (Å²) in [7, 11) is 0. The van der Waals surface area contributed by atoms with Gasteiger partial charge in [-0.25, -0.2) is 0 Å². The molecule has 2 N–H and O–H groups in total. The molecule has 2 aromatic rings. The molecule has 0 spiro atoms. The maximum Gasteiger partial charge on any atom is 0.264 e. The summed E-state index contributed by atoms with van der Waals surface area (Å²) in [5.41, 5.74) is 4.20. The second-order valence-electron chi connectivity index (χ2n) is 5.60. The van der Waals surface area contributed by atoms with E-state index in [0.29, 0.717) is 5.75 Å². The van der Waals surface area contributed by atoms with Crippen molar-refractivity contribution in [1.29, 1.82) is 0 Å². The fourth-order valence-corrected chi connectivity index (χ4v) is 3.08. The predicted molar refractivity (Wildman–Crippen MR) is 105 cm³/mol. The third-order valence-corrected chi connectivity index (χ3v) is 4.00. The van der Waals surface area contributed by atoms with Crippen molar-refractivity contribution in [2.24, 2.45) is 0 Å². The molecule has 1 amide bonds. The largest absolute Gasteiger partial charge is 0.483 e. The maximum atomic E-state index is 12.0. The molecule has 24 heavy (non-hydrogen) atoms. The van der Waals surface area contributed by atoms with Crippen LogP contribution in [-0.4, -0.2) is 17.6 Å². The number of aryl methyl sites for hydroxylation is 3. The number of hydrogen-bond acceptors (Lipinski definition) is 3. The van der Waals surface area contributed by atoms with E-state index in [9.17, 15) is 4.79 Å². The molecule has 0 fully saturated rings. The maximum absolute atomic E-state index is 12.0. The van der Waals surface area contributed by atoms with E-state index < -0.39 is 0 Å². The normalized spacial score (nSPS) is 10.2. The molecular formula is C18H19BrN2O2S. The van der Waals surface area contributed by atoms with Gasteiger partial charge in [0.05, 0.1) is 4.47 Å². The van der Waals surface area contributed by atoms with Crippen molar-refractivity contribution in [3.8, 4) is 5.75 Å². The average molecular weight is 407 g/mol. The molecule has 0 radical (unpaired) electrons. The predicted octanol–water partition coefficient (Wildman–Crippen LogP) is 4.27. The second kappa shape index (κ2) is 8.26. The zero-order chi connectivity index (χ0) is 17.7. The third kappa shape index (κ3) is 5.62. The highest BCUT2D eigenvalue weighted by molar-refractivity contribution is 9.10. The number of amides is 1. The first-order valence-corrected chi connectivity index (χ1v) is 8.61. The van der Waals surface area contributed by atoms with E-state index in [2.05, 4.69) is 32.6 Å². The molecular weight excluding hydrogens is 388 g/mol. The number of carbonyl (C=O) groups excluding carboxylic acids is 1. The van der Waals surface area contributed by atoms with Gasteiger partial charge in [-0.15, -0.1) is 0 Å². The van der Waals surface area contributed by atoms with Crippen LogP contribution in [0, 0.1) is 20.8 Å². The van der Waals surface area contributed by atoms with Gasteiger partial charge in [-0.2, -0.15) is 0 Å². The van der Waals surface area contributed by atoms with Crippen LogP contribution < -0.4 is 15.4 Å². The molecule has 0 aromatic heterocycles. The molecule has 4 nitrogen and oxygen atoms in total. The Kier molecular flexibility index (Phi) is 6.34. The van der Waals surface area contributed by atoms with Crippen molar-refractivity contribution >= 4 is 44.9 Å². The SMILES string of the molecule is Cc1cc(C)cc(NC(=S)NC(=O)COc2ccc(C)cc2Br)c1. The van der Waals surface area contributed by atoms with Crippen molar-refractivity contribution in [1.82, 2.24) is 5.32 Å². The number of anilines is 1. The molecule has 0 saturated carbocycles. The van der Waals surface area contributed by atoms with Gasteiger partial charge < -0.3 is 10.1 Å². The van der Waals surface area contributed by atoms with Gasteiger partial charge in [0, 0.05) is 5.69 Å². The molecule has 0 saturated heterocycles. The van der Waals surface area contributed by atoms with Crippen LogP contribution in [0.15, 0.2) is 40.9 Å². The van der Waals surface area contributed by atoms with E-state index in [1.165, 1.54) is 0 Å². The fourth-order valence-electron chi connectivity index (χ4n) is 2.24. The van der Waals surface area contributed by atoms with Gasteiger partial charge in [0.1, 0.15) is 5.75 Å². The van der Waals surface area contributed by atoms with Crippen LogP contribution in [0.25, 0.3) is 0 Å². The molecule has 0 atom stereocenters. The van der Waals surface area contributed by atoms with Gasteiger partial charge in [-0.05, 0) is 89.9 Å². The molecule has 0 aliphatic heterocycles. The molecule has 0 heterocycles. The Morgan fingerprint density at radius 3 is 2.38 bits per heavy atom. The number of hydrogen-bond donors (Lipinski definition) is 2. The molecule has 2 aromatic carbocycles. The highest BCUT2D eigenvalue weighted by Gasteiger charge is 2.08. The van der Waals surface area contributed by atoms with E-state index in [4.69, 9.17) is 17.0 Å². The van der Waals surface area contributed by atoms with E-state index in [-0.39, 0.29) is 17.6 Å². The third-order valence-electron chi connectivity index (χ3n) is 3.18. The van der Waals surface area contributed by atoms with Crippen LogP contribution in [0.2, 0.25) is 0 Å². The lowest BCUT2D eigenvalue weighted by Crippen LogP contribution is -2.37. The highest BCUT2D eigenvalue weighted by atomic mass is 79.9. The van der Waals surface area contributed by atoms with Crippen molar-refractivity contribution in [2.75, 3.05) is 11.9 Å². The number of halogens is 1. The number of benzene rings is 2. The Morgan fingerprint density at radius 2 is 1.75 bits per heavy atom. The lowest BCUT2D eigenvalue weighted by atomic mass is 10.1. The highest BCUT2D eigenvalue weighted by Crippen LogP contribution is 2.25. The fraction of sp³-hybridized carbons (Fsp3) is 0.222. The number of nitrogens with one attached hydrogen (secondary N) is 2. The molecule has 2 rings (SSSR count). The Labute approximate surface area is 155 Å². The molecule has 0 bridgehead atoms. The average Bonchev–Trinajstić information content (AvgIpc) is 2.44. The van der Waals surface area contributed by atoms with Gasteiger partial charge in [0.2, 0.25) is 0 Å². The van der Waals surface area contributed by atoms with Crippen molar-refractivity contribution in [3.63, 3.8) is 0 Å². The first-order chi connectivity index (χ1) is 11.3. The number of rotatable bonds is 4. The van der Waals surface area contributed by atoms with Crippen molar-refractivity contribution in [3.05, 3.63) is 57.6 Å². The van der Waals surface area contributed by atoms with Crippen molar-refractivity contribution in [2.45, 2.75) is 20.8 Å². The lowest BCUT2D eigenvalue weighted by Gasteiger charge is -2.12. The van der Waals surface area contributed by atoms with Gasteiger partial charge in [0.25, 0.3) is 5.91 Å². The Morgan fingerprint density at radius 1 is 1.08 bits per heavy atom. The van der Waals surface area contributed by atoms with Crippen LogP contribution in [0.5, 0.6) is 5.75 Å². The lowest BCUT2D eigenvalue weighted by molar-refractivity contribution is -0.121. The summed E-state index contributed by atoms with van der Waals surface area (Å²) in [5.74, 6) is 0.299. The van der Waals surface area contributed by atoms with Crippen LogP contribution in [0.1, 0.15) is 16.7 Å². The molecule has 0 aliphatic rings. The second-order valence-corrected chi connectivity index (χ2v) is 6.86. The van der Waals surface area contributed by atoms with E-state index in [0.717, 1.165) is 26.9 Å². The van der Waals surface area contributed by atoms with Crippen LogP contribution >= 0.6 is 28.1 Å². The summed E-state index contributed by atoms with van der Waals surface area (Å²) in [5, 5.41) is 5.86. The van der Waals surface area contributed by atoms with Gasteiger partial charge in [0.15, 0.2) is 11.7 Å². The van der Waals surface area contributed by atoms with Crippen molar-refractivity contribution < 1.29 is 9.53 Å². The quantitative estimate of drug-likeness (QED) is 0.744. The molecule has 6 heteroatoms. The number of thiocarbonyl (C=S) groups is 1. The van der Waals surface area contributed by atoms with Crippen LogP contribution in [0.4, 0.5) is 5.69 Å². The minimum atomic E-state index is -0.315. The zero-order valence-corrected chi connectivity index (χ0v) is 16.2. The first-order valence-electron chi connectivity index (χ1n) is 7.41. The molecule has 0 unspecified atom stereocenters. The summed E-state index contributed by atoms with van der Waals surface area (Å²) in [6.45, 7) is 5.88. The summed E-state index contributed by atoms with van der Waals surface area (Å²) >= 11 is 8.58. The number of ether oxygens (including phenoxy) is 1. The summed E-state index contributed by atoms with van der Waals surface area (Å²) < 4.78 is 6.31. The van der Waals surface area contributed by atoms with Gasteiger partial charge in [-0.1, -0.05) is 12.1 Å².